The lowest BCUT2D eigenvalue weighted by Gasteiger charge is -2.24. The van der Waals surface area contributed by atoms with E-state index < -0.39 is 0 Å². The highest BCUT2D eigenvalue weighted by atomic mass is 16.2. The molecule has 23 heavy (non-hydrogen) atoms. The molecule has 1 saturated heterocycles. The minimum absolute atomic E-state index is 0.0834. The Bertz CT molecular complexity index is 552. The lowest BCUT2D eigenvalue weighted by molar-refractivity contribution is -0.136. The number of nitrogens with one attached hydrogen (secondary N) is 1. The maximum atomic E-state index is 12.1. The molecular formula is C16H25N5O2. The van der Waals surface area contributed by atoms with Crippen LogP contribution in [0, 0.1) is 0 Å². The molecule has 7 nitrogen and oxygen atoms in total. The van der Waals surface area contributed by atoms with Gasteiger partial charge in [-0.25, -0.2) is 0 Å². The van der Waals surface area contributed by atoms with Crippen LogP contribution in [0.25, 0.3) is 0 Å². The molecule has 1 aliphatic carbocycles. The van der Waals surface area contributed by atoms with Crippen molar-refractivity contribution < 1.29 is 9.59 Å². The number of amides is 2. The summed E-state index contributed by atoms with van der Waals surface area (Å²) in [5.41, 5.74) is 0. The van der Waals surface area contributed by atoms with E-state index in [0.717, 1.165) is 31.5 Å². The second-order valence-corrected chi connectivity index (χ2v) is 6.49. The van der Waals surface area contributed by atoms with Crippen molar-refractivity contribution in [3.05, 3.63) is 12.2 Å². The summed E-state index contributed by atoms with van der Waals surface area (Å²) in [5, 5.41) is 11.0. The summed E-state index contributed by atoms with van der Waals surface area (Å²) < 4.78 is 2.01. The van der Waals surface area contributed by atoms with Crippen molar-refractivity contribution in [2.24, 2.45) is 0 Å². The molecule has 1 N–H and O–H groups in total. The SMILES string of the molecule is O=C(CN1CCCCCCC1=O)NCCn1cnnc1C1CC1. The van der Waals surface area contributed by atoms with Gasteiger partial charge in [0.15, 0.2) is 0 Å². The fourth-order valence-electron chi connectivity index (χ4n) is 3.02. The van der Waals surface area contributed by atoms with E-state index in [0.29, 0.717) is 32.0 Å². The van der Waals surface area contributed by atoms with Crippen LogP contribution in [0.1, 0.15) is 56.7 Å². The molecule has 0 unspecified atom stereocenters. The molecular weight excluding hydrogens is 294 g/mol. The van der Waals surface area contributed by atoms with Crippen LogP contribution in [0.2, 0.25) is 0 Å². The number of aromatic nitrogens is 3. The molecule has 0 spiro atoms. The Morgan fingerprint density at radius 2 is 2.09 bits per heavy atom. The normalized spacial score (nSPS) is 19.3. The summed E-state index contributed by atoms with van der Waals surface area (Å²) in [6, 6.07) is 0. The van der Waals surface area contributed by atoms with Crippen molar-refractivity contribution >= 4 is 11.8 Å². The smallest absolute Gasteiger partial charge is 0.239 e. The van der Waals surface area contributed by atoms with Crippen molar-refractivity contribution in [3.63, 3.8) is 0 Å². The predicted molar refractivity (Wildman–Crippen MR) is 84.7 cm³/mol. The Morgan fingerprint density at radius 1 is 1.26 bits per heavy atom. The lowest BCUT2D eigenvalue weighted by Crippen LogP contribution is -2.42. The summed E-state index contributed by atoms with van der Waals surface area (Å²) in [4.78, 5) is 25.8. The Balaban J connectivity index is 1.41. The van der Waals surface area contributed by atoms with Gasteiger partial charge in [-0.3, -0.25) is 9.59 Å². The van der Waals surface area contributed by atoms with Crippen LogP contribution in [-0.4, -0.2) is 51.1 Å². The number of hydrogen-bond acceptors (Lipinski definition) is 4. The third-order valence-corrected chi connectivity index (χ3v) is 4.52. The Kier molecular flexibility index (Phi) is 5.25. The molecule has 2 heterocycles. The molecule has 3 rings (SSSR count). The Labute approximate surface area is 136 Å². The van der Waals surface area contributed by atoms with Crippen molar-refractivity contribution in [1.29, 1.82) is 0 Å². The first kappa shape index (κ1) is 16.0. The van der Waals surface area contributed by atoms with Gasteiger partial charge >= 0.3 is 0 Å². The van der Waals surface area contributed by atoms with Gasteiger partial charge in [0.1, 0.15) is 12.2 Å². The first-order chi connectivity index (χ1) is 11.2. The first-order valence-corrected chi connectivity index (χ1v) is 8.66. The topological polar surface area (TPSA) is 80.1 Å². The minimum Gasteiger partial charge on any atom is -0.353 e. The second kappa shape index (κ2) is 7.57. The fourth-order valence-corrected chi connectivity index (χ4v) is 3.02. The first-order valence-electron chi connectivity index (χ1n) is 8.66. The van der Waals surface area contributed by atoms with Gasteiger partial charge in [-0.1, -0.05) is 12.8 Å². The lowest BCUT2D eigenvalue weighted by atomic mass is 10.1. The molecule has 0 aromatic carbocycles. The summed E-state index contributed by atoms with van der Waals surface area (Å²) >= 11 is 0. The molecule has 7 heteroatoms. The van der Waals surface area contributed by atoms with E-state index in [4.69, 9.17) is 0 Å². The summed E-state index contributed by atoms with van der Waals surface area (Å²) in [6.07, 6.45) is 8.85. The van der Waals surface area contributed by atoms with Gasteiger partial charge in [0.25, 0.3) is 0 Å². The quantitative estimate of drug-likeness (QED) is 0.850. The number of carbonyl (C=O) groups excluding carboxylic acids is 2. The van der Waals surface area contributed by atoms with Crippen molar-refractivity contribution in [1.82, 2.24) is 25.0 Å². The van der Waals surface area contributed by atoms with Crippen LogP contribution in [0.3, 0.4) is 0 Å². The average molecular weight is 319 g/mol. The van der Waals surface area contributed by atoms with Gasteiger partial charge in [-0.05, 0) is 25.7 Å². The van der Waals surface area contributed by atoms with Crippen molar-refractivity contribution in [2.45, 2.75) is 57.4 Å². The third kappa shape index (κ3) is 4.53. The van der Waals surface area contributed by atoms with Gasteiger partial charge in [0.2, 0.25) is 11.8 Å². The highest BCUT2D eigenvalue weighted by Gasteiger charge is 2.28. The largest absolute Gasteiger partial charge is 0.353 e. The summed E-state index contributed by atoms with van der Waals surface area (Å²) in [7, 11) is 0. The van der Waals surface area contributed by atoms with Crippen LogP contribution in [0.4, 0.5) is 0 Å². The Morgan fingerprint density at radius 3 is 2.91 bits per heavy atom. The molecule has 1 aromatic rings. The Hall–Kier alpha value is -1.92. The number of hydrogen-bond donors (Lipinski definition) is 1. The van der Waals surface area contributed by atoms with Gasteiger partial charge in [0, 0.05) is 32.0 Å². The molecule has 2 fully saturated rings. The highest BCUT2D eigenvalue weighted by Crippen LogP contribution is 2.38. The summed E-state index contributed by atoms with van der Waals surface area (Å²) in [6.45, 7) is 2.09. The number of carbonyl (C=O) groups is 2. The van der Waals surface area contributed by atoms with E-state index in [1.54, 1.807) is 11.2 Å². The maximum absolute atomic E-state index is 12.1. The zero-order valence-corrected chi connectivity index (χ0v) is 13.5. The van der Waals surface area contributed by atoms with E-state index in [1.165, 1.54) is 12.8 Å². The molecule has 1 saturated carbocycles. The predicted octanol–water partition coefficient (Wildman–Crippen LogP) is 1.06. The highest BCUT2D eigenvalue weighted by molar-refractivity contribution is 5.84. The van der Waals surface area contributed by atoms with Gasteiger partial charge < -0.3 is 14.8 Å². The van der Waals surface area contributed by atoms with Gasteiger partial charge in [-0.15, -0.1) is 10.2 Å². The second-order valence-electron chi connectivity index (χ2n) is 6.49. The molecule has 2 aliphatic rings. The molecule has 1 aliphatic heterocycles. The van der Waals surface area contributed by atoms with Crippen molar-refractivity contribution in [2.75, 3.05) is 19.6 Å². The number of likely N-dealkylation sites (tertiary alicyclic amines) is 1. The molecule has 126 valence electrons. The summed E-state index contributed by atoms with van der Waals surface area (Å²) in [5.74, 6) is 1.60. The van der Waals surface area contributed by atoms with E-state index in [1.807, 2.05) is 4.57 Å². The van der Waals surface area contributed by atoms with Crippen LogP contribution >= 0.6 is 0 Å². The van der Waals surface area contributed by atoms with Crippen LogP contribution < -0.4 is 5.32 Å². The minimum atomic E-state index is -0.0834. The zero-order chi connectivity index (χ0) is 16.1. The van der Waals surface area contributed by atoms with Crippen LogP contribution in [0.5, 0.6) is 0 Å². The van der Waals surface area contributed by atoms with E-state index in [9.17, 15) is 9.59 Å². The van der Waals surface area contributed by atoms with Crippen molar-refractivity contribution in [3.8, 4) is 0 Å². The molecule has 0 bridgehead atoms. The number of nitrogens with zero attached hydrogens (tertiary/aromatic N) is 4. The number of rotatable bonds is 6. The molecule has 2 amide bonds. The third-order valence-electron chi connectivity index (χ3n) is 4.52. The molecule has 0 radical (unpaired) electrons. The fraction of sp³-hybridized carbons (Fsp3) is 0.750. The monoisotopic (exact) mass is 319 g/mol. The van der Waals surface area contributed by atoms with E-state index >= 15 is 0 Å². The van der Waals surface area contributed by atoms with Gasteiger partial charge in [-0.2, -0.15) is 0 Å². The molecule has 1 aromatic heterocycles. The molecule has 0 atom stereocenters. The van der Waals surface area contributed by atoms with E-state index in [-0.39, 0.29) is 18.4 Å². The maximum Gasteiger partial charge on any atom is 0.239 e. The average Bonchev–Trinajstić information content (AvgIpc) is 3.26. The van der Waals surface area contributed by atoms with E-state index in [2.05, 4.69) is 15.5 Å². The van der Waals surface area contributed by atoms with Crippen LogP contribution in [-0.2, 0) is 16.1 Å². The zero-order valence-electron chi connectivity index (χ0n) is 13.5. The standard InChI is InChI=1S/C16H25N5O2/c22-14(11-20-9-4-2-1-3-5-15(20)23)17-8-10-21-12-18-19-16(21)13-6-7-13/h12-13H,1-11H2,(H,17,22). The van der Waals surface area contributed by atoms with Gasteiger partial charge in [0.05, 0.1) is 6.54 Å². The van der Waals surface area contributed by atoms with Crippen LogP contribution in [0.15, 0.2) is 6.33 Å².